The lowest BCUT2D eigenvalue weighted by Crippen LogP contribution is -2.38. The summed E-state index contributed by atoms with van der Waals surface area (Å²) in [6, 6.07) is 12.8. The monoisotopic (exact) mass is 529 g/mol. The smallest absolute Gasteiger partial charge is 0.295 e. The van der Waals surface area contributed by atoms with Crippen LogP contribution in [0.4, 0.5) is 0 Å². The van der Waals surface area contributed by atoms with Gasteiger partial charge in [0.1, 0.15) is 11.5 Å². The number of hydrogen-bond donors (Lipinski definition) is 2. The molecule has 8 nitrogen and oxygen atoms in total. The number of halogens is 1. The van der Waals surface area contributed by atoms with Gasteiger partial charge in [-0.05, 0) is 42.9 Å². The first kappa shape index (κ1) is 25.5. The summed E-state index contributed by atoms with van der Waals surface area (Å²) in [4.78, 5) is 40.8. The van der Waals surface area contributed by atoms with E-state index in [1.807, 2.05) is 13.8 Å². The zero-order valence-corrected chi connectivity index (χ0v) is 20.7. The minimum atomic E-state index is -0.760. The van der Waals surface area contributed by atoms with Crippen LogP contribution < -0.4 is 10.5 Å². The van der Waals surface area contributed by atoms with E-state index in [-0.39, 0.29) is 17.9 Å². The van der Waals surface area contributed by atoms with E-state index in [0.29, 0.717) is 30.0 Å². The Morgan fingerprint density at radius 3 is 2.26 bits per heavy atom. The number of aliphatic hydroxyl groups excluding tert-OH is 1. The van der Waals surface area contributed by atoms with Crippen molar-refractivity contribution >= 4 is 39.3 Å². The van der Waals surface area contributed by atoms with Gasteiger partial charge in [-0.25, -0.2) is 0 Å². The van der Waals surface area contributed by atoms with E-state index < -0.39 is 23.6 Å². The lowest BCUT2D eigenvalue weighted by atomic mass is 9.95. The van der Waals surface area contributed by atoms with Gasteiger partial charge in [-0.2, -0.15) is 0 Å². The number of carbonyl (C=O) groups excluding carboxylic acids is 3. The Labute approximate surface area is 207 Å². The highest BCUT2D eigenvalue weighted by Gasteiger charge is 2.45. The normalized spacial score (nSPS) is 17.4. The van der Waals surface area contributed by atoms with Gasteiger partial charge in [-0.3, -0.25) is 14.4 Å². The van der Waals surface area contributed by atoms with Crippen LogP contribution in [-0.2, 0) is 14.4 Å². The molecule has 0 radical (unpaired) electrons. The summed E-state index contributed by atoms with van der Waals surface area (Å²) in [5.41, 5.74) is 6.25. The van der Waals surface area contributed by atoms with Crippen LogP contribution in [0, 0.1) is 0 Å². The summed E-state index contributed by atoms with van der Waals surface area (Å²) in [5, 5.41) is 11.1. The van der Waals surface area contributed by atoms with E-state index in [2.05, 4.69) is 20.8 Å². The molecule has 1 heterocycles. The Kier molecular flexibility index (Phi) is 8.46. The Morgan fingerprint density at radius 1 is 1.09 bits per heavy atom. The van der Waals surface area contributed by atoms with Crippen LogP contribution in [0.3, 0.4) is 0 Å². The third-order valence-electron chi connectivity index (χ3n) is 5.79. The molecule has 0 bridgehead atoms. The molecule has 9 heteroatoms. The van der Waals surface area contributed by atoms with Gasteiger partial charge in [0.15, 0.2) is 6.61 Å². The molecule has 0 saturated carbocycles. The standard InChI is InChI=1S/C25H28BrN3O5/c1-3-28(4-2)13-14-29-22(16-7-11-19(12-8-16)34-15-20(27)30)21(24(32)25(29)33)23(31)17-5-9-18(26)10-6-17/h5-12,22,31H,3-4,13-15H2,1-2H3,(H2,27,30)/b23-21+. The molecule has 0 aromatic heterocycles. The average Bonchev–Trinajstić information content (AvgIpc) is 3.08. The number of ketones is 1. The first-order valence-corrected chi connectivity index (χ1v) is 11.8. The predicted octanol–water partition coefficient (Wildman–Crippen LogP) is 3.08. The fourth-order valence-electron chi connectivity index (χ4n) is 3.91. The summed E-state index contributed by atoms with van der Waals surface area (Å²) in [6.07, 6.45) is 0. The molecule has 1 fully saturated rings. The topological polar surface area (TPSA) is 113 Å². The second-order valence-electron chi connectivity index (χ2n) is 7.85. The molecule has 180 valence electrons. The van der Waals surface area contributed by atoms with E-state index in [9.17, 15) is 19.5 Å². The van der Waals surface area contributed by atoms with Crippen molar-refractivity contribution in [1.82, 2.24) is 9.80 Å². The lowest BCUT2D eigenvalue weighted by Gasteiger charge is -2.28. The van der Waals surface area contributed by atoms with E-state index in [1.54, 1.807) is 48.5 Å². The third kappa shape index (κ3) is 5.66. The Hall–Kier alpha value is -3.17. The lowest BCUT2D eigenvalue weighted by molar-refractivity contribution is -0.140. The maximum atomic E-state index is 13.1. The van der Waals surface area contributed by atoms with Crippen LogP contribution in [-0.4, -0.2) is 65.3 Å². The Morgan fingerprint density at radius 2 is 1.71 bits per heavy atom. The van der Waals surface area contributed by atoms with E-state index in [1.165, 1.54) is 4.90 Å². The van der Waals surface area contributed by atoms with Crippen molar-refractivity contribution in [3.05, 3.63) is 69.7 Å². The highest BCUT2D eigenvalue weighted by molar-refractivity contribution is 9.10. The largest absolute Gasteiger partial charge is 0.507 e. The molecule has 3 N–H and O–H groups in total. The predicted molar refractivity (Wildman–Crippen MR) is 132 cm³/mol. The van der Waals surface area contributed by atoms with Crippen LogP contribution in [0.15, 0.2) is 58.6 Å². The van der Waals surface area contributed by atoms with Crippen LogP contribution in [0.25, 0.3) is 5.76 Å². The Bertz CT molecular complexity index is 1080. The highest BCUT2D eigenvalue weighted by atomic mass is 79.9. The van der Waals surface area contributed by atoms with Gasteiger partial charge in [-0.15, -0.1) is 0 Å². The maximum absolute atomic E-state index is 13.1. The third-order valence-corrected chi connectivity index (χ3v) is 6.31. The molecule has 1 atom stereocenters. The fourth-order valence-corrected chi connectivity index (χ4v) is 4.17. The molecule has 0 spiro atoms. The SMILES string of the molecule is CCN(CC)CCN1C(=O)C(=O)/C(=C(/O)c2ccc(Br)cc2)C1c1ccc(OCC(N)=O)cc1. The van der Waals surface area contributed by atoms with Crippen molar-refractivity contribution in [3.8, 4) is 5.75 Å². The molecule has 2 amide bonds. The van der Waals surface area contributed by atoms with Gasteiger partial charge in [0.05, 0.1) is 11.6 Å². The molecule has 34 heavy (non-hydrogen) atoms. The zero-order chi connectivity index (χ0) is 24.8. The molecule has 1 unspecified atom stereocenters. The number of carbonyl (C=O) groups is 3. The van der Waals surface area contributed by atoms with E-state index in [4.69, 9.17) is 10.5 Å². The van der Waals surface area contributed by atoms with Crippen LogP contribution in [0.2, 0.25) is 0 Å². The summed E-state index contributed by atoms with van der Waals surface area (Å²) in [6.45, 7) is 6.36. The zero-order valence-electron chi connectivity index (χ0n) is 19.2. The molecule has 1 aliphatic rings. The van der Waals surface area contributed by atoms with Gasteiger partial charge in [-0.1, -0.05) is 54.0 Å². The van der Waals surface area contributed by atoms with Crippen molar-refractivity contribution in [3.63, 3.8) is 0 Å². The minimum Gasteiger partial charge on any atom is -0.507 e. The second kappa shape index (κ2) is 11.3. The number of amides is 2. The van der Waals surface area contributed by atoms with Crippen molar-refractivity contribution in [2.24, 2.45) is 5.73 Å². The number of nitrogens with two attached hydrogens (primary N) is 1. The second-order valence-corrected chi connectivity index (χ2v) is 8.77. The molecule has 1 saturated heterocycles. The number of benzene rings is 2. The molecule has 3 rings (SSSR count). The number of nitrogens with zero attached hydrogens (tertiary/aromatic N) is 2. The minimum absolute atomic E-state index is 0.0395. The van der Waals surface area contributed by atoms with Gasteiger partial charge >= 0.3 is 0 Å². The number of ether oxygens (including phenoxy) is 1. The van der Waals surface area contributed by atoms with Gasteiger partial charge in [0, 0.05) is 23.1 Å². The van der Waals surface area contributed by atoms with Gasteiger partial charge in [0.2, 0.25) is 0 Å². The first-order chi connectivity index (χ1) is 16.3. The van der Waals surface area contributed by atoms with E-state index in [0.717, 1.165) is 17.6 Å². The molecule has 2 aromatic rings. The molecular formula is C25H28BrN3O5. The summed E-state index contributed by atoms with van der Waals surface area (Å²) in [7, 11) is 0. The van der Waals surface area contributed by atoms with Crippen LogP contribution in [0.5, 0.6) is 5.75 Å². The highest BCUT2D eigenvalue weighted by Crippen LogP contribution is 2.39. The number of aliphatic hydroxyl groups is 1. The molecule has 0 aliphatic carbocycles. The fraction of sp³-hybridized carbons (Fsp3) is 0.320. The van der Waals surface area contributed by atoms with Crippen molar-refractivity contribution in [2.45, 2.75) is 19.9 Å². The van der Waals surface area contributed by atoms with Crippen molar-refractivity contribution in [2.75, 3.05) is 32.8 Å². The van der Waals surface area contributed by atoms with Crippen molar-refractivity contribution in [1.29, 1.82) is 0 Å². The number of primary amides is 1. The number of rotatable bonds is 10. The summed E-state index contributed by atoms with van der Waals surface area (Å²) >= 11 is 3.36. The number of likely N-dealkylation sites (tertiary alicyclic amines) is 1. The molecular weight excluding hydrogens is 502 g/mol. The summed E-state index contributed by atoms with van der Waals surface area (Å²) < 4.78 is 6.15. The van der Waals surface area contributed by atoms with Crippen molar-refractivity contribution < 1.29 is 24.2 Å². The summed E-state index contributed by atoms with van der Waals surface area (Å²) in [5.74, 6) is -1.77. The molecule has 1 aliphatic heterocycles. The number of likely N-dealkylation sites (N-methyl/N-ethyl adjacent to an activating group) is 1. The maximum Gasteiger partial charge on any atom is 0.295 e. The Balaban J connectivity index is 2.03. The first-order valence-electron chi connectivity index (χ1n) is 11.0. The quantitative estimate of drug-likeness (QED) is 0.277. The molecule has 2 aromatic carbocycles. The van der Waals surface area contributed by atoms with Crippen LogP contribution in [0.1, 0.15) is 31.0 Å². The van der Waals surface area contributed by atoms with Gasteiger partial charge < -0.3 is 25.4 Å². The van der Waals surface area contributed by atoms with Crippen LogP contribution >= 0.6 is 15.9 Å². The van der Waals surface area contributed by atoms with Gasteiger partial charge in [0.25, 0.3) is 17.6 Å². The number of hydrogen-bond acceptors (Lipinski definition) is 6. The number of Topliss-reactive ketones (excluding diaryl/α,β-unsaturated/α-hetero) is 1. The average molecular weight is 530 g/mol. The van der Waals surface area contributed by atoms with E-state index >= 15 is 0 Å².